The normalized spacial score (nSPS) is 10.1. The summed E-state index contributed by atoms with van der Waals surface area (Å²) in [6.07, 6.45) is 3.45. The number of rotatable bonds is 5. The van der Waals surface area contributed by atoms with Gasteiger partial charge in [-0.05, 0) is 66.3 Å². The lowest BCUT2D eigenvalue weighted by atomic mass is 10.2. The fourth-order valence-corrected chi connectivity index (χ4v) is 2.53. The molecule has 0 bridgehead atoms. The number of carbonyl (C=O) groups is 1. The van der Waals surface area contributed by atoms with Crippen molar-refractivity contribution in [3.8, 4) is 0 Å². The van der Waals surface area contributed by atoms with E-state index in [1.807, 2.05) is 12.1 Å². The van der Waals surface area contributed by atoms with Crippen molar-refractivity contribution in [3.63, 3.8) is 0 Å². The Morgan fingerprint density at radius 2 is 1.56 bits per heavy atom. The van der Waals surface area contributed by atoms with Crippen molar-refractivity contribution < 1.29 is 9.18 Å². The Kier molecular flexibility index (Phi) is 6.06. The van der Waals surface area contributed by atoms with Crippen LogP contribution >= 0.6 is 12.2 Å². The number of nitrogens with zero attached hydrogens (tertiary/aromatic N) is 1. The molecule has 3 aromatic rings. The zero-order chi connectivity index (χ0) is 19.1. The largest absolute Gasteiger partial charge is 0.358 e. The van der Waals surface area contributed by atoms with E-state index < -0.39 is 11.7 Å². The third kappa shape index (κ3) is 5.32. The van der Waals surface area contributed by atoms with Crippen molar-refractivity contribution in [1.29, 1.82) is 0 Å². The summed E-state index contributed by atoms with van der Waals surface area (Å²) in [5.41, 5.74) is 2.40. The minimum Gasteiger partial charge on any atom is -0.358 e. The standard InChI is InChI=1S/C20H17FN4OS/c21-18-4-2-1-3-17(18)19(26)24-15-5-7-16(8-6-15)25-20(27)23-13-14-9-11-22-12-10-14/h1-12H,13H2,(H,24,26)(H2,23,25,27). The molecule has 3 N–H and O–H groups in total. The van der Waals surface area contributed by atoms with E-state index in [-0.39, 0.29) is 5.56 Å². The minimum atomic E-state index is -0.557. The molecular formula is C20H17FN4OS. The van der Waals surface area contributed by atoms with Gasteiger partial charge in [0, 0.05) is 30.3 Å². The Bertz CT molecular complexity index is 932. The maximum absolute atomic E-state index is 13.6. The van der Waals surface area contributed by atoms with Gasteiger partial charge in [-0.2, -0.15) is 0 Å². The monoisotopic (exact) mass is 380 g/mol. The third-order valence-corrected chi connectivity index (χ3v) is 3.97. The van der Waals surface area contributed by atoms with Crippen molar-refractivity contribution in [2.24, 2.45) is 0 Å². The van der Waals surface area contributed by atoms with Crippen LogP contribution in [0.3, 0.4) is 0 Å². The lowest BCUT2D eigenvalue weighted by Crippen LogP contribution is -2.27. The number of hydrogen-bond acceptors (Lipinski definition) is 3. The van der Waals surface area contributed by atoms with E-state index in [4.69, 9.17) is 12.2 Å². The minimum absolute atomic E-state index is 0.00110. The fourth-order valence-electron chi connectivity index (χ4n) is 2.34. The zero-order valence-corrected chi connectivity index (χ0v) is 15.1. The van der Waals surface area contributed by atoms with Gasteiger partial charge in [-0.25, -0.2) is 4.39 Å². The summed E-state index contributed by atoms with van der Waals surface area (Å²) in [6.45, 7) is 0.588. The van der Waals surface area contributed by atoms with E-state index in [0.29, 0.717) is 17.3 Å². The van der Waals surface area contributed by atoms with Gasteiger partial charge in [0.15, 0.2) is 5.11 Å². The lowest BCUT2D eigenvalue weighted by molar-refractivity contribution is 0.102. The molecule has 0 aliphatic rings. The molecule has 2 aromatic carbocycles. The highest BCUT2D eigenvalue weighted by molar-refractivity contribution is 7.80. The van der Waals surface area contributed by atoms with Crippen LogP contribution in [0.2, 0.25) is 0 Å². The molecule has 3 rings (SSSR count). The van der Waals surface area contributed by atoms with Crippen molar-refractivity contribution in [2.75, 3.05) is 10.6 Å². The van der Waals surface area contributed by atoms with Crippen LogP contribution in [0.1, 0.15) is 15.9 Å². The molecule has 0 fully saturated rings. The van der Waals surface area contributed by atoms with Gasteiger partial charge < -0.3 is 16.0 Å². The smallest absolute Gasteiger partial charge is 0.258 e. The highest BCUT2D eigenvalue weighted by Crippen LogP contribution is 2.15. The summed E-state index contributed by atoms with van der Waals surface area (Å²) in [5, 5.41) is 9.32. The van der Waals surface area contributed by atoms with Gasteiger partial charge in [0.1, 0.15) is 5.82 Å². The number of anilines is 2. The summed E-state index contributed by atoms with van der Waals surface area (Å²) in [5.74, 6) is -1.05. The van der Waals surface area contributed by atoms with Crippen molar-refractivity contribution in [1.82, 2.24) is 10.3 Å². The second kappa shape index (κ2) is 8.86. The Morgan fingerprint density at radius 3 is 2.22 bits per heavy atom. The number of benzene rings is 2. The fraction of sp³-hybridized carbons (Fsp3) is 0.0500. The molecule has 0 aliphatic carbocycles. The number of halogens is 1. The van der Waals surface area contributed by atoms with E-state index in [9.17, 15) is 9.18 Å². The molecule has 1 amide bonds. The maximum atomic E-state index is 13.6. The highest BCUT2D eigenvalue weighted by Gasteiger charge is 2.10. The van der Waals surface area contributed by atoms with E-state index >= 15 is 0 Å². The van der Waals surface area contributed by atoms with Crippen molar-refractivity contribution in [3.05, 3.63) is 90.0 Å². The predicted octanol–water partition coefficient (Wildman–Crippen LogP) is 3.96. The van der Waals surface area contributed by atoms with E-state index in [0.717, 1.165) is 11.3 Å². The quantitative estimate of drug-likeness (QED) is 0.585. The first-order chi connectivity index (χ1) is 13.1. The molecule has 7 heteroatoms. The van der Waals surface area contributed by atoms with E-state index in [2.05, 4.69) is 20.9 Å². The summed E-state index contributed by atoms with van der Waals surface area (Å²) >= 11 is 5.27. The number of hydrogen-bond donors (Lipinski definition) is 3. The molecule has 136 valence electrons. The summed E-state index contributed by atoms with van der Waals surface area (Å²) in [6, 6.07) is 16.6. The van der Waals surface area contributed by atoms with Gasteiger partial charge in [0.2, 0.25) is 0 Å². The Labute approximate surface area is 161 Å². The molecule has 0 spiro atoms. The Hall–Kier alpha value is -3.32. The lowest BCUT2D eigenvalue weighted by Gasteiger charge is -2.11. The van der Waals surface area contributed by atoms with E-state index in [1.165, 1.54) is 18.2 Å². The number of pyridine rings is 1. The van der Waals surface area contributed by atoms with Crippen LogP contribution in [0.15, 0.2) is 73.1 Å². The van der Waals surface area contributed by atoms with Crippen molar-refractivity contribution >= 4 is 34.6 Å². The topological polar surface area (TPSA) is 66.1 Å². The molecular weight excluding hydrogens is 363 g/mol. The van der Waals surface area contributed by atoms with Crippen LogP contribution in [-0.2, 0) is 6.54 Å². The molecule has 0 atom stereocenters. The third-order valence-electron chi connectivity index (χ3n) is 3.72. The average Bonchev–Trinajstić information content (AvgIpc) is 2.69. The highest BCUT2D eigenvalue weighted by atomic mass is 32.1. The van der Waals surface area contributed by atoms with Crippen LogP contribution in [-0.4, -0.2) is 16.0 Å². The molecule has 1 aromatic heterocycles. The molecule has 0 unspecified atom stereocenters. The first-order valence-electron chi connectivity index (χ1n) is 8.21. The Morgan fingerprint density at radius 1 is 0.926 bits per heavy atom. The zero-order valence-electron chi connectivity index (χ0n) is 14.3. The molecule has 0 saturated carbocycles. The van der Waals surface area contributed by atoms with Crippen molar-refractivity contribution in [2.45, 2.75) is 6.54 Å². The number of amides is 1. The molecule has 5 nitrogen and oxygen atoms in total. The van der Waals surface area contributed by atoms with Gasteiger partial charge in [-0.15, -0.1) is 0 Å². The summed E-state index contributed by atoms with van der Waals surface area (Å²) in [4.78, 5) is 16.1. The van der Waals surface area contributed by atoms with Crippen LogP contribution in [0.4, 0.5) is 15.8 Å². The SMILES string of the molecule is O=C(Nc1ccc(NC(=S)NCc2ccncc2)cc1)c1ccccc1F. The molecule has 0 radical (unpaired) electrons. The van der Waals surface area contributed by atoms with Crippen LogP contribution in [0.25, 0.3) is 0 Å². The van der Waals surface area contributed by atoms with Crippen LogP contribution in [0, 0.1) is 5.82 Å². The Balaban J connectivity index is 1.53. The van der Waals surface area contributed by atoms with Crippen LogP contribution < -0.4 is 16.0 Å². The second-order valence-electron chi connectivity index (χ2n) is 5.67. The molecule has 1 heterocycles. The van der Waals surface area contributed by atoms with Gasteiger partial charge >= 0.3 is 0 Å². The molecule has 0 saturated heterocycles. The van der Waals surface area contributed by atoms with Crippen LogP contribution in [0.5, 0.6) is 0 Å². The van der Waals surface area contributed by atoms with Gasteiger partial charge in [0.25, 0.3) is 5.91 Å². The van der Waals surface area contributed by atoms with Gasteiger partial charge in [-0.3, -0.25) is 9.78 Å². The summed E-state index contributed by atoms with van der Waals surface area (Å²) < 4.78 is 13.6. The predicted molar refractivity (Wildman–Crippen MR) is 108 cm³/mol. The summed E-state index contributed by atoms with van der Waals surface area (Å²) in [7, 11) is 0. The molecule has 0 aliphatic heterocycles. The molecule has 27 heavy (non-hydrogen) atoms. The van der Waals surface area contributed by atoms with Gasteiger partial charge in [0.05, 0.1) is 5.56 Å². The number of nitrogens with one attached hydrogen (secondary N) is 3. The number of thiocarbonyl (C=S) groups is 1. The first-order valence-corrected chi connectivity index (χ1v) is 8.62. The average molecular weight is 380 g/mol. The van der Waals surface area contributed by atoms with Gasteiger partial charge in [-0.1, -0.05) is 12.1 Å². The first kappa shape index (κ1) is 18.5. The number of carbonyl (C=O) groups excluding carboxylic acids is 1. The second-order valence-corrected chi connectivity index (χ2v) is 6.08. The maximum Gasteiger partial charge on any atom is 0.258 e. The van der Waals surface area contributed by atoms with E-state index in [1.54, 1.807) is 42.7 Å². The number of aromatic nitrogens is 1.